The summed E-state index contributed by atoms with van der Waals surface area (Å²) in [5.74, 6) is -0.912. The molecule has 1 amide bonds. The molecule has 1 rings (SSSR count). The molecule has 0 aliphatic carbocycles. The number of methoxy groups -OCH3 is 1. The van der Waals surface area contributed by atoms with Crippen LogP contribution >= 0.6 is 22.6 Å². The van der Waals surface area contributed by atoms with Crippen LogP contribution in [0.3, 0.4) is 0 Å². The summed E-state index contributed by atoms with van der Waals surface area (Å²) < 4.78 is 5.59. The van der Waals surface area contributed by atoms with Gasteiger partial charge in [0, 0.05) is 22.8 Å². The van der Waals surface area contributed by atoms with Crippen molar-refractivity contribution in [1.29, 1.82) is 0 Å². The van der Waals surface area contributed by atoms with Gasteiger partial charge in [0.25, 0.3) is 5.91 Å². The normalized spacial score (nSPS) is 11.6. The number of benzene rings is 1. The molecule has 1 aromatic rings. The molecule has 19 heavy (non-hydrogen) atoms. The van der Waals surface area contributed by atoms with Gasteiger partial charge in [0.05, 0.1) is 18.6 Å². The number of hydrogen-bond acceptors (Lipinski definition) is 4. The first-order valence-electron chi connectivity index (χ1n) is 5.83. The summed E-state index contributed by atoms with van der Waals surface area (Å²) in [7, 11) is 3.09. The van der Waals surface area contributed by atoms with Gasteiger partial charge in [-0.15, -0.1) is 0 Å². The number of carbonyl (C=O) groups excluding carboxylic acids is 2. The number of hydrogen-bond donors (Lipinski definition) is 2. The average molecular weight is 376 g/mol. The molecule has 0 fully saturated rings. The minimum atomic E-state index is -0.366. The van der Waals surface area contributed by atoms with E-state index >= 15 is 0 Å². The van der Waals surface area contributed by atoms with Crippen LogP contribution in [0.25, 0.3) is 0 Å². The van der Waals surface area contributed by atoms with Gasteiger partial charge in [-0.05, 0) is 40.8 Å². The van der Waals surface area contributed by atoms with E-state index in [4.69, 9.17) is 0 Å². The van der Waals surface area contributed by atoms with Gasteiger partial charge in [-0.1, -0.05) is 6.92 Å². The lowest BCUT2D eigenvalue weighted by Crippen LogP contribution is -2.32. The van der Waals surface area contributed by atoms with E-state index in [0.717, 1.165) is 9.26 Å². The van der Waals surface area contributed by atoms with Crippen molar-refractivity contribution in [2.45, 2.75) is 6.92 Å². The number of nitrogens with one attached hydrogen (secondary N) is 2. The van der Waals surface area contributed by atoms with Crippen molar-refractivity contribution in [3.63, 3.8) is 0 Å². The maximum atomic E-state index is 12.1. The Kier molecular flexibility index (Phi) is 6.07. The van der Waals surface area contributed by atoms with Crippen molar-refractivity contribution in [3.05, 3.63) is 27.3 Å². The van der Waals surface area contributed by atoms with Crippen molar-refractivity contribution in [2.24, 2.45) is 5.92 Å². The second-order valence-electron chi connectivity index (χ2n) is 4.07. The van der Waals surface area contributed by atoms with Crippen LogP contribution in [0.15, 0.2) is 18.2 Å². The molecule has 0 saturated carbocycles. The van der Waals surface area contributed by atoms with E-state index in [0.29, 0.717) is 5.56 Å². The molecular formula is C13H17IN2O3. The van der Waals surface area contributed by atoms with Gasteiger partial charge in [0.15, 0.2) is 0 Å². The number of ether oxygens (including phenoxy) is 1. The molecule has 0 aliphatic heterocycles. The molecule has 0 bridgehead atoms. The standard InChI is InChI=1S/C13H17IN2O3/c1-8(13(18)19-3)7-16-12(17)10-6-9(14)4-5-11(10)15-2/h4-6,8,15H,7H2,1-3H3,(H,16,17). The molecule has 1 atom stereocenters. The third-order valence-corrected chi connectivity index (χ3v) is 3.34. The Morgan fingerprint density at radius 3 is 2.68 bits per heavy atom. The molecule has 0 saturated heterocycles. The Morgan fingerprint density at radius 1 is 1.42 bits per heavy atom. The van der Waals surface area contributed by atoms with Gasteiger partial charge in [-0.2, -0.15) is 0 Å². The third kappa shape index (κ3) is 4.38. The maximum absolute atomic E-state index is 12.1. The highest BCUT2D eigenvalue weighted by Crippen LogP contribution is 2.18. The summed E-state index contributed by atoms with van der Waals surface area (Å²) in [6, 6.07) is 5.56. The minimum absolute atomic E-state index is 0.210. The fraction of sp³-hybridized carbons (Fsp3) is 0.385. The Balaban J connectivity index is 2.73. The van der Waals surface area contributed by atoms with Crippen LogP contribution in [0.4, 0.5) is 5.69 Å². The van der Waals surface area contributed by atoms with Crippen molar-refractivity contribution in [3.8, 4) is 0 Å². The Labute approximate surface area is 126 Å². The summed E-state index contributed by atoms with van der Waals surface area (Å²) in [6.07, 6.45) is 0. The first-order chi connectivity index (χ1) is 8.99. The maximum Gasteiger partial charge on any atom is 0.310 e. The highest BCUT2D eigenvalue weighted by atomic mass is 127. The Bertz CT molecular complexity index is 477. The second kappa shape index (κ2) is 7.32. The zero-order valence-corrected chi connectivity index (χ0v) is 13.3. The zero-order chi connectivity index (χ0) is 14.4. The van der Waals surface area contributed by atoms with Crippen molar-refractivity contribution >= 4 is 40.2 Å². The molecular weight excluding hydrogens is 359 g/mol. The van der Waals surface area contributed by atoms with E-state index in [9.17, 15) is 9.59 Å². The van der Waals surface area contributed by atoms with Gasteiger partial charge < -0.3 is 15.4 Å². The smallest absolute Gasteiger partial charge is 0.310 e. The van der Waals surface area contributed by atoms with Crippen LogP contribution in [0, 0.1) is 9.49 Å². The molecule has 1 aromatic carbocycles. The topological polar surface area (TPSA) is 67.4 Å². The van der Waals surface area contributed by atoms with Gasteiger partial charge in [-0.25, -0.2) is 0 Å². The van der Waals surface area contributed by atoms with E-state index in [-0.39, 0.29) is 24.3 Å². The lowest BCUT2D eigenvalue weighted by molar-refractivity contribution is -0.144. The number of amides is 1. The molecule has 1 unspecified atom stereocenters. The number of esters is 1. The van der Waals surface area contributed by atoms with Crippen LogP contribution in [0.2, 0.25) is 0 Å². The number of rotatable bonds is 5. The van der Waals surface area contributed by atoms with Gasteiger partial charge >= 0.3 is 5.97 Å². The summed E-state index contributed by atoms with van der Waals surface area (Å²) >= 11 is 2.15. The fourth-order valence-electron chi connectivity index (χ4n) is 1.55. The quantitative estimate of drug-likeness (QED) is 0.608. The number of anilines is 1. The van der Waals surface area contributed by atoms with E-state index < -0.39 is 0 Å². The highest BCUT2D eigenvalue weighted by Gasteiger charge is 2.16. The molecule has 2 N–H and O–H groups in total. The molecule has 0 aliphatic rings. The average Bonchev–Trinajstić information content (AvgIpc) is 2.43. The molecule has 104 valence electrons. The van der Waals surface area contributed by atoms with E-state index in [1.807, 2.05) is 12.1 Å². The molecule has 0 spiro atoms. The van der Waals surface area contributed by atoms with Crippen LogP contribution in [-0.2, 0) is 9.53 Å². The predicted molar refractivity (Wildman–Crippen MR) is 82.2 cm³/mol. The van der Waals surface area contributed by atoms with Crippen LogP contribution in [0.1, 0.15) is 17.3 Å². The van der Waals surface area contributed by atoms with Crippen molar-refractivity contribution in [1.82, 2.24) is 5.32 Å². The molecule has 6 heteroatoms. The largest absolute Gasteiger partial charge is 0.469 e. The number of carbonyl (C=O) groups is 2. The molecule has 0 heterocycles. The number of halogens is 1. The summed E-state index contributed by atoms with van der Waals surface area (Å²) in [5, 5.41) is 5.70. The second-order valence-corrected chi connectivity index (χ2v) is 5.32. The van der Waals surface area contributed by atoms with E-state index in [1.165, 1.54) is 7.11 Å². The summed E-state index contributed by atoms with van der Waals surface area (Å²) in [5.41, 5.74) is 1.31. The van der Waals surface area contributed by atoms with E-state index in [1.54, 1.807) is 20.0 Å². The molecule has 0 aromatic heterocycles. The summed E-state index contributed by atoms with van der Waals surface area (Å²) in [6.45, 7) is 1.96. The third-order valence-electron chi connectivity index (χ3n) is 2.67. The van der Waals surface area contributed by atoms with Crippen LogP contribution in [-0.4, -0.2) is 32.6 Å². The molecule has 5 nitrogen and oxygen atoms in total. The minimum Gasteiger partial charge on any atom is -0.469 e. The zero-order valence-electron chi connectivity index (χ0n) is 11.1. The van der Waals surface area contributed by atoms with Crippen LogP contribution < -0.4 is 10.6 Å². The van der Waals surface area contributed by atoms with Crippen LogP contribution in [0.5, 0.6) is 0 Å². The van der Waals surface area contributed by atoms with Gasteiger partial charge in [0.1, 0.15) is 0 Å². The van der Waals surface area contributed by atoms with Gasteiger partial charge in [0.2, 0.25) is 0 Å². The lowest BCUT2D eigenvalue weighted by Gasteiger charge is -2.13. The van der Waals surface area contributed by atoms with Crippen molar-refractivity contribution < 1.29 is 14.3 Å². The lowest BCUT2D eigenvalue weighted by atomic mass is 10.1. The predicted octanol–water partition coefficient (Wildman–Crippen LogP) is 1.87. The first-order valence-corrected chi connectivity index (χ1v) is 6.90. The monoisotopic (exact) mass is 376 g/mol. The Hall–Kier alpha value is -1.31. The van der Waals surface area contributed by atoms with Gasteiger partial charge in [-0.3, -0.25) is 9.59 Å². The summed E-state index contributed by atoms with van der Waals surface area (Å²) in [4.78, 5) is 23.3. The Morgan fingerprint density at radius 2 is 2.11 bits per heavy atom. The first kappa shape index (κ1) is 15.7. The highest BCUT2D eigenvalue weighted by molar-refractivity contribution is 14.1. The SMILES string of the molecule is CNc1ccc(I)cc1C(=O)NCC(C)C(=O)OC. The molecule has 0 radical (unpaired) electrons. The van der Waals surface area contributed by atoms with E-state index in [2.05, 4.69) is 38.0 Å². The van der Waals surface area contributed by atoms with Crippen molar-refractivity contribution in [2.75, 3.05) is 26.0 Å². The fourth-order valence-corrected chi connectivity index (χ4v) is 2.04.